The van der Waals surface area contributed by atoms with E-state index in [0.29, 0.717) is 12.0 Å². The lowest BCUT2D eigenvalue weighted by Crippen LogP contribution is -2.42. The number of hydrogen-bond donors (Lipinski definition) is 1. The van der Waals surface area contributed by atoms with E-state index < -0.39 is 5.79 Å². The minimum atomic E-state index is -0.628. The van der Waals surface area contributed by atoms with E-state index in [1.807, 2.05) is 18.9 Å². The van der Waals surface area contributed by atoms with Gasteiger partial charge in [-0.3, -0.25) is 4.84 Å². The molecule has 6 heteroatoms. The van der Waals surface area contributed by atoms with Gasteiger partial charge in [0.2, 0.25) is 0 Å². The molecule has 0 aromatic heterocycles. The van der Waals surface area contributed by atoms with Crippen molar-refractivity contribution in [1.29, 1.82) is 0 Å². The number of hydrogen-bond acceptors (Lipinski definition) is 6. The van der Waals surface area contributed by atoms with Crippen LogP contribution in [0.3, 0.4) is 0 Å². The topological polar surface area (TPSA) is 60.4 Å². The molecule has 3 aliphatic heterocycles. The van der Waals surface area contributed by atoms with E-state index >= 15 is 0 Å². The summed E-state index contributed by atoms with van der Waals surface area (Å²) in [6.07, 6.45) is 4.19. The van der Waals surface area contributed by atoms with Crippen LogP contribution in [-0.4, -0.2) is 59.8 Å². The Hall–Kier alpha value is -0.240. The van der Waals surface area contributed by atoms with Crippen LogP contribution in [0.25, 0.3) is 0 Å². The van der Waals surface area contributed by atoms with Crippen molar-refractivity contribution in [2.24, 2.45) is 5.92 Å². The maximum Gasteiger partial charge on any atom is 0.164 e. The van der Waals surface area contributed by atoms with Gasteiger partial charge in [-0.05, 0) is 26.7 Å². The Morgan fingerprint density at radius 2 is 1.90 bits per heavy atom. The molecule has 0 aromatic rings. The molecular weight excluding hydrogens is 274 g/mol. The minimum absolute atomic E-state index is 0.0577. The SMILES string of the molecule is CC1(C)O[C@H]2[C@H](O1)[C@H](N1C[C@H]3CCCC[C@H]3O1)O[C@H]2CO. The molecule has 4 fully saturated rings. The summed E-state index contributed by atoms with van der Waals surface area (Å²) in [5.41, 5.74) is 0. The first-order valence-electron chi connectivity index (χ1n) is 8.13. The Labute approximate surface area is 125 Å². The van der Waals surface area contributed by atoms with Gasteiger partial charge in [-0.25, -0.2) is 0 Å². The molecule has 0 radical (unpaired) electrons. The van der Waals surface area contributed by atoms with Gasteiger partial charge in [0.05, 0.1) is 12.7 Å². The molecule has 1 aliphatic carbocycles. The summed E-state index contributed by atoms with van der Waals surface area (Å²) < 4.78 is 17.9. The van der Waals surface area contributed by atoms with Gasteiger partial charge in [-0.15, -0.1) is 0 Å². The normalized spacial score (nSPS) is 49.3. The molecule has 0 aromatic carbocycles. The Balaban J connectivity index is 1.50. The molecule has 6 atom stereocenters. The van der Waals surface area contributed by atoms with Crippen LogP contribution in [0.2, 0.25) is 0 Å². The summed E-state index contributed by atoms with van der Waals surface area (Å²) in [6.45, 7) is 4.64. The van der Waals surface area contributed by atoms with E-state index in [1.54, 1.807) is 0 Å². The molecule has 1 saturated carbocycles. The van der Waals surface area contributed by atoms with Crippen LogP contribution in [0.1, 0.15) is 39.5 Å². The molecule has 21 heavy (non-hydrogen) atoms. The Morgan fingerprint density at radius 3 is 2.67 bits per heavy atom. The number of rotatable bonds is 2. The van der Waals surface area contributed by atoms with Crippen molar-refractivity contribution in [3.05, 3.63) is 0 Å². The van der Waals surface area contributed by atoms with Crippen molar-refractivity contribution in [1.82, 2.24) is 5.06 Å². The second-order valence-corrected chi connectivity index (χ2v) is 7.10. The highest BCUT2D eigenvalue weighted by Gasteiger charge is 2.58. The van der Waals surface area contributed by atoms with Crippen LogP contribution in [0.15, 0.2) is 0 Å². The fourth-order valence-corrected chi connectivity index (χ4v) is 4.17. The van der Waals surface area contributed by atoms with E-state index in [1.165, 1.54) is 19.3 Å². The lowest BCUT2D eigenvalue weighted by molar-refractivity contribution is -0.276. The second-order valence-electron chi connectivity index (χ2n) is 7.10. The van der Waals surface area contributed by atoms with E-state index in [9.17, 15) is 5.11 Å². The van der Waals surface area contributed by atoms with Crippen molar-refractivity contribution >= 4 is 0 Å². The molecule has 3 saturated heterocycles. The smallest absolute Gasteiger partial charge is 0.164 e. The summed E-state index contributed by atoms with van der Waals surface area (Å²) in [5, 5.41) is 11.5. The predicted octanol–water partition coefficient (Wildman–Crippen LogP) is 1.03. The van der Waals surface area contributed by atoms with Crippen LogP contribution in [0.4, 0.5) is 0 Å². The lowest BCUT2D eigenvalue weighted by Gasteiger charge is -2.28. The molecule has 6 nitrogen and oxygen atoms in total. The van der Waals surface area contributed by atoms with Crippen LogP contribution in [0, 0.1) is 5.92 Å². The van der Waals surface area contributed by atoms with Crippen LogP contribution < -0.4 is 0 Å². The molecule has 4 rings (SSSR count). The molecule has 1 N–H and O–H groups in total. The number of hydroxylamine groups is 2. The highest BCUT2D eigenvalue weighted by Crippen LogP contribution is 2.42. The third kappa shape index (κ3) is 2.42. The number of nitrogens with zero attached hydrogens (tertiary/aromatic N) is 1. The number of ether oxygens (including phenoxy) is 3. The van der Waals surface area contributed by atoms with Crippen molar-refractivity contribution in [3.63, 3.8) is 0 Å². The molecule has 4 aliphatic rings. The molecule has 0 unspecified atom stereocenters. The molecular formula is C15H25NO5. The zero-order valence-corrected chi connectivity index (χ0v) is 12.7. The molecule has 120 valence electrons. The average Bonchev–Trinajstić information content (AvgIpc) is 3.08. The van der Waals surface area contributed by atoms with Gasteiger partial charge >= 0.3 is 0 Å². The Kier molecular flexibility index (Phi) is 3.52. The third-order valence-electron chi connectivity index (χ3n) is 5.11. The van der Waals surface area contributed by atoms with Gasteiger partial charge in [0.25, 0.3) is 0 Å². The number of fused-ring (bicyclic) bond motifs is 2. The first kappa shape index (κ1) is 14.4. The monoisotopic (exact) mass is 299 g/mol. The average molecular weight is 299 g/mol. The summed E-state index contributed by atoms with van der Waals surface area (Å²) in [4.78, 5) is 6.11. The zero-order chi connectivity index (χ0) is 14.6. The molecule has 3 heterocycles. The summed E-state index contributed by atoms with van der Waals surface area (Å²) in [7, 11) is 0. The van der Waals surface area contributed by atoms with E-state index in [0.717, 1.165) is 13.0 Å². The van der Waals surface area contributed by atoms with Gasteiger partial charge in [0.15, 0.2) is 12.0 Å². The molecule has 0 spiro atoms. The van der Waals surface area contributed by atoms with Gasteiger partial charge in [-0.2, -0.15) is 5.06 Å². The minimum Gasteiger partial charge on any atom is -0.394 e. The molecule has 0 bridgehead atoms. The number of aliphatic hydroxyl groups is 1. The lowest BCUT2D eigenvalue weighted by atomic mass is 9.87. The zero-order valence-electron chi connectivity index (χ0n) is 12.7. The first-order valence-corrected chi connectivity index (χ1v) is 8.13. The van der Waals surface area contributed by atoms with Gasteiger partial charge in [-0.1, -0.05) is 12.8 Å². The van der Waals surface area contributed by atoms with Crippen LogP contribution in [0.5, 0.6) is 0 Å². The van der Waals surface area contributed by atoms with Gasteiger partial charge in [0.1, 0.15) is 18.3 Å². The second kappa shape index (κ2) is 5.15. The van der Waals surface area contributed by atoms with E-state index in [2.05, 4.69) is 0 Å². The van der Waals surface area contributed by atoms with E-state index in [-0.39, 0.29) is 31.1 Å². The largest absolute Gasteiger partial charge is 0.394 e. The predicted molar refractivity (Wildman–Crippen MR) is 73.1 cm³/mol. The standard InChI is InChI=1S/C15H25NO5/c1-15(2)19-12-11(8-17)18-14(13(12)20-15)16-7-9-5-3-4-6-10(9)21-16/h9-14,17H,3-8H2,1-2H3/t9-,10-,11+,12-,13+,14-/m1/s1. The van der Waals surface area contributed by atoms with Gasteiger partial charge in [0, 0.05) is 12.5 Å². The third-order valence-corrected chi connectivity index (χ3v) is 5.11. The summed E-state index contributed by atoms with van der Waals surface area (Å²) >= 11 is 0. The maximum atomic E-state index is 9.53. The first-order chi connectivity index (χ1) is 10.1. The number of aliphatic hydroxyl groups excluding tert-OH is 1. The van der Waals surface area contributed by atoms with Crippen molar-refractivity contribution < 1.29 is 24.2 Å². The van der Waals surface area contributed by atoms with Crippen LogP contribution in [-0.2, 0) is 19.0 Å². The fourth-order valence-electron chi connectivity index (χ4n) is 4.17. The van der Waals surface area contributed by atoms with Crippen LogP contribution >= 0.6 is 0 Å². The maximum absolute atomic E-state index is 9.53. The Morgan fingerprint density at radius 1 is 1.14 bits per heavy atom. The van der Waals surface area contributed by atoms with Crippen molar-refractivity contribution in [2.75, 3.05) is 13.2 Å². The van der Waals surface area contributed by atoms with Crippen molar-refractivity contribution in [2.45, 2.75) is 76.0 Å². The summed E-state index contributed by atoms with van der Waals surface area (Å²) in [5.74, 6) is -0.0265. The van der Waals surface area contributed by atoms with Gasteiger partial charge < -0.3 is 19.3 Å². The summed E-state index contributed by atoms with van der Waals surface area (Å²) in [6, 6.07) is 0. The Bertz CT molecular complexity index is 390. The highest BCUT2D eigenvalue weighted by molar-refractivity contribution is 4.98. The van der Waals surface area contributed by atoms with E-state index in [4.69, 9.17) is 19.0 Å². The quantitative estimate of drug-likeness (QED) is 0.822. The highest BCUT2D eigenvalue weighted by atomic mass is 16.8. The van der Waals surface area contributed by atoms with Crippen molar-refractivity contribution in [3.8, 4) is 0 Å². The molecule has 0 amide bonds. The fraction of sp³-hybridized carbons (Fsp3) is 1.00.